The highest BCUT2D eigenvalue weighted by Crippen LogP contribution is 2.08. The van der Waals surface area contributed by atoms with Crippen LogP contribution in [0.3, 0.4) is 0 Å². The summed E-state index contributed by atoms with van der Waals surface area (Å²) in [6.07, 6.45) is 0.366. The molecule has 0 fully saturated rings. The number of hydrogen-bond donors (Lipinski definition) is 3. The van der Waals surface area contributed by atoms with Crippen molar-refractivity contribution in [3.63, 3.8) is 0 Å². The molecular weight excluding hydrogens is 148 g/mol. The molecule has 0 saturated carbocycles. The van der Waals surface area contributed by atoms with Gasteiger partial charge in [-0.15, -0.1) is 0 Å². The van der Waals surface area contributed by atoms with Crippen molar-refractivity contribution >= 4 is 0 Å². The second-order valence-corrected chi connectivity index (χ2v) is 2.54. The zero-order chi connectivity index (χ0) is 8.91. The van der Waals surface area contributed by atoms with Crippen LogP contribution in [0, 0.1) is 0 Å². The minimum atomic E-state index is -2.39. The molecule has 0 aromatic heterocycles. The van der Waals surface area contributed by atoms with Gasteiger partial charge in [0.1, 0.15) is 6.10 Å². The molecule has 0 aromatic carbocycles. The van der Waals surface area contributed by atoms with E-state index in [0.717, 1.165) is 12.8 Å². The number of aliphatic hydroxyl groups excluding tert-OH is 1. The van der Waals surface area contributed by atoms with Gasteiger partial charge in [0.25, 0.3) is 0 Å². The first-order chi connectivity index (χ1) is 5.00. The zero-order valence-electron chi connectivity index (χ0n) is 6.95. The molecular formula is C7H16O4. The van der Waals surface area contributed by atoms with Crippen molar-refractivity contribution in [2.45, 2.75) is 38.8 Å². The molecule has 0 aliphatic heterocycles. The summed E-state index contributed by atoms with van der Waals surface area (Å²) in [5.41, 5.74) is 0. The van der Waals surface area contributed by atoms with Crippen LogP contribution in [-0.4, -0.2) is 34.0 Å². The summed E-state index contributed by atoms with van der Waals surface area (Å²) in [5.74, 6) is -2.39. The van der Waals surface area contributed by atoms with Gasteiger partial charge < -0.3 is 20.1 Å². The van der Waals surface area contributed by atoms with Gasteiger partial charge in [0.15, 0.2) is 0 Å². The normalized spacial score (nSPS) is 15.0. The lowest BCUT2D eigenvalue weighted by atomic mass is 10.3. The van der Waals surface area contributed by atoms with Gasteiger partial charge in [-0.3, -0.25) is 0 Å². The highest BCUT2D eigenvalue weighted by Gasteiger charge is 2.30. The third kappa shape index (κ3) is 4.31. The summed E-state index contributed by atoms with van der Waals surface area (Å²) in [5, 5.41) is 26.6. The largest absolute Gasteiger partial charge is 0.385 e. The zero-order valence-corrected chi connectivity index (χ0v) is 6.95. The highest BCUT2D eigenvalue weighted by molar-refractivity contribution is 4.57. The lowest BCUT2D eigenvalue weighted by molar-refractivity contribution is -0.373. The Hall–Kier alpha value is -0.160. The molecule has 11 heavy (non-hydrogen) atoms. The van der Waals surface area contributed by atoms with E-state index in [1.165, 1.54) is 6.92 Å². The lowest BCUT2D eigenvalue weighted by Gasteiger charge is -2.24. The molecule has 1 atom stereocenters. The molecule has 4 heteroatoms. The maximum absolute atomic E-state index is 8.90. The standard InChI is InChI=1S/C7H16O4/c1-3-4-5-11-7(9,10)6(2)8/h6,8-10H,3-5H2,1-2H3. The molecule has 0 saturated heterocycles. The van der Waals surface area contributed by atoms with E-state index in [-0.39, 0.29) is 6.61 Å². The Morgan fingerprint density at radius 3 is 2.36 bits per heavy atom. The van der Waals surface area contributed by atoms with Crippen molar-refractivity contribution in [3.8, 4) is 0 Å². The summed E-state index contributed by atoms with van der Waals surface area (Å²) >= 11 is 0. The molecule has 0 aliphatic carbocycles. The summed E-state index contributed by atoms with van der Waals surface area (Å²) < 4.78 is 4.59. The number of aliphatic hydroxyl groups is 3. The van der Waals surface area contributed by atoms with Gasteiger partial charge in [0.05, 0.1) is 6.61 Å². The van der Waals surface area contributed by atoms with Gasteiger partial charge in [-0.1, -0.05) is 13.3 Å². The fourth-order valence-electron chi connectivity index (χ4n) is 0.487. The molecule has 0 amide bonds. The number of hydrogen-bond acceptors (Lipinski definition) is 4. The molecule has 0 rings (SSSR count). The van der Waals surface area contributed by atoms with Crippen molar-refractivity contribution in [1.29, 1.82) is 0 Å². The van der Waals surface area contributed by atoms with E-state index < -0.39 is 12.1 Å². The van der Waals surface area contributed by atoms with Crippen molar-refractivity contribution in [3.05, 3.63) is 0 Å². The third-order valence-corrected chi connectivity index (χ3v) is 1.36. The van der Waals surface area contributed by atoms with Crippen LogP contribution in [0.1, 0.15) is 26.7 Å². The van der Waals surface area contributed by atoms with E-state index in [1.807, 2.05) is 6.92 Å². The minimum absolute atomic E-state index is 0.244. The molecule has 3 N–H and O–H groups in total. The molecule has 0 aliphatic rings. The fourth-order valence-corrected chi connectivity index (χ4v) is 0.487. The van der Waals surface area contributed by atoms with Crippen molar-refractivity contribution in [2.24, 2.45) is 0 Å². The Kier molecular flexibility index (Phi) is 4.60. The van der Waals surface area contributed by atoms with Crippen LogP contribution in [0.4, 0.5) is 0 Å². The summed E-state index contributed by atoms with van der Waals surface area (Å²) in [7, 11) is 0. The molecule has 68 valence electrons. The van der Waals surface area contributed by atoms with Gasteiger partial charge >= 0.3 is 5.97 Å². The fraction of sp³-hybridized carbons (Fsp3) is 1.00. The second-order valence-electron chi connectivity index (χ2n) is 2.54. The summed E-state index contributed by atoms with van der Waals surface area (Å²) in [4.78, 5) is 0. The van der Waals surface area contributed by atoms with Crippen molar-refractivity contribution in [1.82, 2.24) is 0 Å². The second kappa shape index (κ2) is 4.66. The maximum Gasteiger partial charge on any atom is 0.305 e. The van der Waals surface area contributed by atoms with E-state index in [0.29, 0.717) is 0 Å². The maximum atomic E-state index is 8.90. The lowest BCUT2D eigenvalue weighted by Crippen LogP contribution is -2.43. The number of rotatable bonds is 5. The van der Waals surface area contributed by atoms with Gasteiger partial charge in [0.2, 0.25) is 0 Å². The first-order valence-corrected chi connectivity index (χ1v) is 3.77. The SMILES string of the molecule is CCCCOC(O)(O)C(C)O. The molecule has 4 nitrogen and oxygen atoms in total. The van der Waals surface area contributed by atoms with Crippen LogP contribution in [0.5, 0.6) is 0 Å². The smallest absolute Gasteiger partial charge is 0.305 e. The van der Waals surface area contributed by atoms with E-state index in [4.69, 9.17) is 15.3 Å². The highest BCUT2D eigenvalue weighted by atomic mass is 16.8. The van der Waals surface area contributed by atoms with Crippen LogP contribution < -0.4 is 0 Å². The number of ether oxygens (including phenoxy) is 1. The first kappa shape index (κ1) is 10.8. The molecule has 0 heterocycles. The first-order valence-electron chi connectivity index (χ1n) is 3.77. The van der Waals surface area contributed by atoms with Crippen LogP contribution in [0.2, 0.25) is 0 Å². The van der Waals surface area contributed by atoms with Gasteiger partial charge in [-0.2, -0.15) is 0 Å². The van der Waals surface area contributed by atoms with Crippen LogP contribution in [0.15, 0.2) is 0 Å². The van der Waals surface area contributed by atoms with E-state index >= 15 is 0 Å². The van der Waals surface area contributed by atoms with E-state index in [2.05, 4.69) is 4.74 Å². The predicted molar refractivity (Wildman–Crippen MR) is 39.7 cm³/mol. The molecule has 0 radical (unpaired) electrons. The van der Waals surface area contributed by atoms with Crippen LogP contribution >= 0.6 is 0 Å². The average Bonchev–Trinajstić information content (AvgIpc) is 1.88. The monoisotopic (exact) mass is 164 g/mol. The van der Waals surface area contributed by atoms with Gasteiger partial charge in [-0.25, -0.2) is 0 Å². The summed E-state index contributed by atoms with van der Waals surface area (Å²) in [6, 6.07) is 0. The Bertz CT molecular complexity index is 101. The molecule has 0 aromatic rings. The Labute approximate surface area is 66.4 Å². The van der Waals surface area contributed by atoms with Crippen LogP contribution in [0.25, 0.3) is 0 Å². The molecule has 1 unspecified atom stereocenters. The number of unbranched alkanes of at least 4 members (excludes halogenated alkanes) is 1. The predicted octanol–water partition coefficient (Wildman–Crippen LogP) is -0.178. The van der Waals surface area contributed by atoms with Crippen molar-refractivity contribution < 1.29 is 20.1 Å². The van der Waals surface area contributed by atoms with Crippen molar-refractivity contribution in [2.75, 3.05) is 6.61 Å². The Morgan fingerprint density at radius 2 is 2.00 bits per heavy atom. The van der Waals surface area contributed by atoms with E-state index in [9.17, 15) is 0 Å². The Balaban J connectivity index is 3.55. The van der Waals surface area contributed by atoms with Crippen LogP contribution in [-0.2, 0) is 4.74 Å². The van der Waals surface area contributed by atoms with E-state index in [1.54, 1.807) is 0 Å². The third-order valence-electron chi connectivity index (χ3n) is 1.36. The summed E-state index contributed by atoms with van der Waals surface area (Å²) in [6.45, 7) is 3.46. The molecule has 0 bridgehead atoms. The molecule has 0 spiro atoms. The minimum Gasteiger partial charge on any atom is -0.385 e. The topological polar surface area (TPSA) is 69.9 Å². The van der Waals surface area contributed by atoms with Gasteiger partial charge in [-0.05, 0) is 13.3 Å². The quantitative estimate of drug-likeness (QED) is 0.389. The average molecular weight is 164 g/mol. The van der Waals surface area contributed by atoms with Gasteiger partial charge in [0, 0.05) is 0 Å². The Morgan fingerprint density at radius 1 is 1.45 bits per heavy atom.